The number of hydrogen-bond donors (Lipinski definition) is 0. The molecule has 0 aromatic heterocycles. The van der Waals surface area contributed by atoms with Crippen LogP contribution in [0.1, 0.15) is 58.1 Å². The van der Waals surface area contributed by atoms with Gasteiger partial charge < -0.3 is 0 Å². The molecule has 0 radical (unpaired) electrons. The molecule has 0 spiro atoms. The van der Waals surface area contributed by atoms with Crippen LogP contribution >= 0.6 is 0 Å². The molecule has 0 fully saturated rings. The minimum Gasteiger partial charge on any atom is -0.0767 e. The molecule has 0 bridgehead atoms. The summed E-state index contributed by atoms with van der Waals surface area (Å²) in [4.78, 5) is 0. The van der Waals surface area contributed by atoms with Crippen molar-refractivity contribution in [3.05, 3.63) is 64.8 Å². The molecular weight excluding hydrogens is 252 g/mol. The molecule has 1 atom stereocenters. The first-order valence-corrected chi connectivity index (χ1v) is 7.99. The zero-order chi connectivity index (χ0) is 15.3. The van der Waals surface area contributed by atoms with Crippen LogP contribution in [0.15, 0.2) is 53.6 Å². The third-order valence-electron chi connectivity index (χ3n) is 5.14. The van der Waals surface area contributed by atoms with Crippen LogP contribution in [-0.4, -0.2) is 0 Å². The van der Waals surface area contributed by atoms with Gasteiger partial charge in [0.05, 0.1) is 0 Å². The topological polar surface area (TPSA) is 0 Å². The van der Waals surface area contributed by atoms with Crippen molar-refractivity contribution < 1.29 is 0 Å². The monoisotopic (exact) mass is 278 g/mol. The Morgan fingerprint density at radius 3 is 2.38 bits per heavy atom. The zero-order valence-corrected chi connectivity index (χ0v) is 13.9. The summed E-state index contributed by atoms with van der Waals surface area (Å²) in [5, 5.41) is 0. The summed E-state index contributed by atoms with van der Waals surface area (Å²) in [7, 11) is 0. The van der Waals surface area contributed by atoms with Crippen LogP contribution in [-0.2, 0) is 0 Å². The molecule has 3 rings (SSSR count). The lowest BCUT2D eigenvalue weighted by molar-refractivity contribution is 0.395. The van der Waals surface area contributed by atoms with Crippen molar-refractivity contribution in [2.75, 3.05) is 0 Å². The SMILES string of the molecule is CC(C)(C)C1=CCC(C(C)(C)C2C=Cc3ccccc32)=C1. The fourth-order valence-electron chi connectivity index (χ4n) is 3.58. The molecule has 0 saturated carbocycles. The van der Waals surface area contributed by atoms with E-state index in [0.717, 1.165) is 6.42 Å². The van der Waals surface area contributed by atoms with Gasteiger partial charge in [-0.15, -0.1) is 0 Å². The van der Waals surface area contributed by atoms with Crippen LogP contribution in [0.2, 0.25) is 0 Å². The van der Waals surface area contributed by atoms with Crippen molar-refractivity contribution in [2.24, 2.45) is 10.8 Å². The molecule has 110 valence electrons. The third kappa shape index (κ3) is 2.41. The van der Waals surface area contributed by atoms with Gasteiger partial charge >= 0.3 is 0 Å². The first kappa shape index (κ1) is 14.4. The Kier molecular flexibility index (Phi) is 3.24. The second-order valence-electron chi connectivity index (χ2n) is 7.97. The minimum atomic E-state index is 0.173. The lowest BCUT2D eigenvalue weighted by atomic mass is 9.70. The van der Waals surface area contributed by atoms with E-state index < -0.39 is 0 Å². The first-order chi connectivity index (χ1) is 9.80. The summed E-state index contributed by atoms with van der Waals surface area (Å²) >= 11 is 0. The van der Waals surface area contributed by atoms with Crippen molar-refractivity contribution in [3.63, 3.8) is 0 Å². The zero-order valence-electron chi connectivity index (χ0n) is 13.9. The number of allylic oxidation sites excluding steroid dienone is 5. The van der Waals surface area contributed by atoms with E-state index in [2.05, 4.69) is 83.2 Å². The summed E-state index contributed by atoms with van der Waals surface area (Å²) in [6.45, 7) is 11.7. The molecule has 2 aliphatic rings. The largest absolute Gasteiger partial charge is 0.0767 e. The normalized spacial score (nSPS) is 21.3. The van der Waals surface area contributed by atoms with E-state index >= 15 is 0 Å². The molecule has 21 heavy (non-hydrogen) atoms. The first-order valence-electron chi connectivity index (χ1n) is 7.99. The summed E-state index contributed by atoms with van der Waals surface area (Å²) < 4.78 is 0. The van der Waals surface area contributed by atoms with E-state index in [-0.39, 0.29) is 10.8 Å². The van der Waals surface area contributed by atoms with Crippen LogP contribution in [0, 0.1) is 10.8 Å². The maximum absolute atomic E-state index is 2.45. The van der Waals surface area contributed by atoms with Crippen molar-refractivity contribution >= 4 is 6.08 Å². The Morgan fingerprint density at radius 1 is 1.00 bits per heavy atom. The fourth-order valence-corrected chi connectivity index (χ4v) is 3.58. The molecule has 0 saturated heterocycles. The highest BCUT2D eigenvalue weighted by Crippen LogP contribution is 2.50. The molecule has 2 aliphatic carbocycles. The van der Waals surface area contributed by atoms with Crippen molar-refractivity contribution in [3.8, 4) is 0 Å². The van der Waals surface area contributed by atoms with Gasteiger partial charge in [0.25, 0.3) is 0 Å². The van der Waals surface area contributed by atoms with E-state index in [1.165, 1.54) is 16.7 Å². The van der Waals surface area contributed by atoms with Gasteiger partial charge in [-0.3, -0.25) is 0 Å². The fraction of sp³-hybridized carbons (Fsp3) is 0.429. The molecule has 1 unspecified atom stereocenters. The summed E-state index contributed by atoms with van der Waals surface area (Å²) in [5.74, 6) is 0.493. The summed E-state index contributed by atoms with van der Waals surface area (Å²) in [6.07, 6.45) is 10.7. The summed E-state index contributed by atoms with van der Waals surface area (Å²) in [6, 6.07) is 8.81. The van der Waals surface area contributed by atoms with E-state index in [4.69, 9.17) is 0 Å². The van der Waals surface area contributed by atoms with Gasteiger partial charge in [-0.1, -0.05) is 88.8 Å². The lowest BCUT2D eigenvalue weighted by Crippen LogP contribution is -2.22. The van der Waals surface area contributed by atoms with Crippen LogP contribution in [0.25, 0.3) is 6.08 Å². The van der Waals surface area contributed by atoms with Gasteiger partial charge in [-0.05, 0) is 34.0 Å². The van der Waals surface area contributed by atoms with Crippen molar-refractivity contribution in [1.82, 2.24) is 0 Å². The predicted molar refractivity (Wildman–Crippen MR) is 92.2 cm³/mol. The molecule has 1 aromatic rings. The second-order valence-corrected chi connectivity index (χ2v) is 7.97. The van der Waals surface area contributed by atoms with Gasteiger partial charge in [0.1, 0.15) is 0 Å². The number of benzene rings is 1. The highest BCUT2D eigenvalue weighted by atomic mass is 14.4. The Hall–Kier alpha value is -1.56. The molecule has 0 N–H and O–H groups in total. The van der Waals surface area contributed by atoms with Crippen LogP contribution in [0.4, 0.5) is 0 Å². The molecule has 0 aliphatic heterocycles. The number of rotatable bonds is 2. The Labute approximate surface area is 129 Å². The van der Waals surface area contributed by atoms with Gasteiger partial charge in [0.15, 0.2) is 0 Å². The van der Waals surface area contributed by atoms with Crippen LogP contribution in [0.3, 0.4) is 0 Å². The molecule has 0 heterocycles. The number of fused-ring (bicyclic) bond motifs is 1. The van der Waals surface area contributed by atoms with Crippen LogP contribution in [0.5, 0.6) is 0 Å². The van der Waals surface area contributed by atoms with E-state index in [1.807, 2.05) is 0 Å². The van der Waals surface area contributed by atoms with E-state index in [1.54, 1.807) is 5.57 Å². The second kappa shape index (κ2) is 4.73. The molecular formula is C21H26. The highest BCUT2D eigenvalue weighted by molar-refractivity contribution is 5.63. The maximum atomic E-state index is 2.45. The van der Waals surface area contributed by atoms with Gasteiger partial charge in [-0.2, -0.15) is 0 Å². The molecule has 1 aromatic carbocycles. The van der Waals surface area contributed by atoms with Crippen molar-refractivity contribution in [1.29, 1.82) is 0 Å². The molecule has 0 amide bonds. The Balaban J connectivity index is 1.92. The smallest absolute Gasteiger partial charge is 0.0116 e. The average molecular weight is 278 g/mol. The van der Waals surface area contributed by atoms with E-state index in [9.17, 15) is 0 Å². The van der Waals surface area contributed by atoms with Gasteiger partial charge in [0, 0.05) is 5.92 Å². The molecule has 0 heteroatoms. The van der Waals surface area contributed by atoms with Gasteiger partial charge in [-0.25, -0.2) is 0 Å². The quantitative estimate of drug-likeness (QED) is 0.610. The van der Waals surface area contributed by atoms with E-state index in [0.29, 0.717) is 5.92 Å². The Bertz CT molecular complexity index is 645. The number of hydrogen-bond acceptors (Lipinski definition) is 0. The lowest BCUT2D eigenvalue weighted by Gasteiger charge is -2.33. The van der Waals surface area contributed by atoms with Gasteiger partial charge in [0.2, 0.25) is 0 Å². The third-order valence-corrected chi connectivity index (χ3v) is 5.14. The standard InChI is InChI=1S/C21H26/c1-20(2,3)16-11-12-17(14-16)21(4,5)19-13-10-15-8-6-7-9-18(15)19/h6-11,13-14,19H,12H2,1-5H3. The predicted octanol–water partition coefficient (Wildman–Crippen LogP) is 6.13. The minimum absolute atomic E-state index is 0.173. The highest BCUT2D eigenvalue weighted by Gasteiger charge is 2.37. The Morgan fingerprint density at radius 2 is 1.71 bits per heavy atom. The van der Waals surface area contributed by atoms with Crippen molar-refractivity contribution in [2.45, 2.75) is 47.0 Å². The van der Waals surface area contributed by atoms with Crippen LogP contribution < -0.4 is 0 Å². The average Bonchev–Trinajstić information content (AvgIpc) is 3.05. The molecule has 0 nitrogen and oxygen atoms in total. The summed E-state index contributed by atoms with van der Waals surface area (Å²) in [5.41, 5.74) is 6.35. The maximum Gasteiger partial charge on any atom is 0.0116 e.